The zero-order chi connectivity index (χ0) is 13.0. The third kappa shape index (κ3) is 1.30. The van der Waals surface area contributed by atoms with Crippen molar-refractivity contribution in [2.24, 2.45) is 0 Å². The number of nitrogens with zero attached hydrogens (tertiary/aromatic N) is 3. The average molecular weight is 253 g/mol. The summed E-state index contributed by atoms with van der Waals surface area (Å²) in [5, 5.41) is 20.0. The predicted molar refractivity (Wildman–Crippen MR) is 70.2 cm³/mol. The van der Waals surface area contributed by atoms with Gasteiger partial charge in [0.2, 0.25) is 5.88 Å². The fourth-order valence-electron chi connectivity index (χ4n) is 3.59. The maximum Gasteiger partial charge on any atom is 0.200 e. The Morgan fingerprint density at radius 3 is 2.68 bits per heavy atom. The predicted octanol–water partition coefficient (Wildman–Crippen LogP) is 2.28. The number of rotatable bonds is 0. The minimum atomic E-state index is 0.331. The van der Waals surface area contributed by atoms with Crippen LogP contribution < -0.4 is 0 Å². The van der Waals surface area contributed by atoms with Crippen LogP contribution >= 0.6 is 0 Å². The molecule has 0 bridgehead atoms. The molecular weight excluding hydrogens is 238 g/mol. The number of aromatic hydroxyl groups is 1. The summed E-state index contributed by atoms with van der Waals surface area (Å²) >= 11 is 0. The first-order valence-corrected chi connectivity index (χ1v) is 6.98. The van der Waals surface area contributed by atoms with Crippen LogP contribution in [-0.4, -0.2) is 14.5 Å². The fourth-order valence-corrected chi connectivity index (χ4v) is 3.59. The molecule has 4 heteroatoms. The number of pyridine rings is 1. The summed E-state index contributed by atoms with van der Waals surface area (Å²) in [6.45, 7) is 0. The average Bonchev–Trinajstić information content (AvgIpc) is 3.03. The molecule has 0 fully saturated rings. The van der Waals surface area contributed by atoms with Crippen LogP contribution in [0.25, 0.3) is 5.65 Å². The second-order valence-corrected chi connectivity index (χ2v) is 5.49. The fraction of sp³-hybridized carbons (Fsp3) is 0.467. The van der Waals surface area contributed by atoms with E-state index in [1.165, 1.54) is 0 Å². The van der Waals surface area contributed by atoms with E-state index in [0.29, 0.717) is 17.1 Å². The molecule has 0 unspecified atom stereocenters. The third-order valence-electron chi connectivity index (χ3n) is 4.47. The smallest absolute Gasteiger partial charge is 0.200 e. The molecule has 0 radical (unpaired) electrons. The number of hydrogen-bond acceptors (Lipinski definition) is 3. The van der Waals surface area contributed by atoms with Gasteiger partial charge in [0.05, 0.1) is 11.3 Å². The maximum absolute atomic E-state index is 10.5. The van der Waals surface area contributed by atoms with E-state index in [1.807, 2.05) is 4.40 Å². The van der Waals surface area contributed by atoms with Crippen molar-refractivity contribution in [2.75, 3.05) is 0 Å². The van der Waals surface area contributed by atoms with Gasteiger partial charge in [-0.15, -0.1) is 0 Å². The van der Waals surface area contributed by atoms with E-state index in [4.69, 9.17) is 0 Å². The van der Waals surface area contributed by atoms with Crippen molar-refractivity contribution < 1.29 is 5.11 Å². The number of fused-ring (bicyclic) bond motifs is 4. The van der Waals surface area contributed by atoms with Crippen molar-refractivity contribution in [1.82, 2.24) is 9.38 Å². The lowest BCUT2D eigenvalue weighted by Gasteiger charge is -2.13. The van der Waals surface area contributed by atoms with Crippen LogP contribution in [0.2, 0.25) is 0 Å². The molecule has 0 saturated carbocycles. The second kappa shape index (κ2) is 3.74. The maximum atomic E-state index is 10.5. The number of imidazole rings is 1. The van der Waals surface area contributed by atoms with Gasteiger partial charge in [0, 0.05) is 11.3 Å². The van der Waals surface area contributed by atoms with E-state index in [2.05, 4.69) is 11.1 Å². The van der Waals surface area contributed by atoms with Crippen molar-refractivity contribution in [3.63, 3.8) is 0 Å². The Kier molecular flexibility index (Phi) is 2.14. The molecular formula is C15H15N3O. The highest BCUT2D eigenvalue weighted by Crippen LogP contribution is 2.37. The van der Waals surface area contributed by atoms with Crippen molar-refractivity contribution in [3.05, 3.63) is 28.1 Å². The monoisotopic (exact) mass is 253 g/mol. The molecule has 0 aromatic carbocycles. The molecule has 0 aliphatic heterocycles. The Labute approximate surface area is 111 Å². The summed E-state index contributed by atoms with van der Waals surface area (Å²) in [7, 11) is 0. The molecule has 0 spiro atoms. The Balaban J connectivity index is 2.17. The van der Waals surface area contributed by atoms with Crippen LogP contribution in [0.15, 0.2) is 0 Å². The van der Waals surface area contributed by atoms with Crippen molar-refractivity contribution >= 4 is 5.65 Å². The minimum absolute atomic E-state index is 0.331. The summed E-state index contributed by atoms with van der Waals surface area (Å²) in [5.74, 6) is 0.331. The van der Waals surface area contributed by atoms with Gasteiger partial charge in [-0.05, 0) is 50.5 Å². The van der Waals surface area contributed by atoms with E-state index in [-0.39, 0.29) is 0 Å². The molecule has 1 N–H and O–H groups in total. The van der Waals surface area contributed by atoms with Crippen LogP contribution in [0.3, 0.4) is 0 Å². The zero-order valence-corrected chi connectivity index (χ0v) is 10.7. The number of nitriles is 1. The summed E-state index contributed by atoms with van der Waals surface area (Å²) in [6.07, 6.45) is 6.99. The van der Waals surface area contributed by atoms with Crippen LogP contribution in [0.1, 0.15) is 47.3 Å². The van der Waals surface area contributed by atoms with Gasteiger partial charge in [0.25, 0.3) is 0 Å². The summed E-state index contributed by atoms with van der Waals surface area (Å²) in [6, 6.07) is 2.31. The Morgan fingerprint density at radius 2 is 1.84 bits per heavy atom. The Bertz CT molecular complexity index is 736. The molecule has 0 atom stereocenters. The number of aryl methyl sites for hydroxylation is 2. The lowest BCUT2D eigenvalue weighted by Crippen LogP contribution is -2.05. The van der Waals surface area contributed by atoms with Gasteiger partial charge in [0.1, 0.15) is 6.07 Å². The van der Waals surface area contributed by atoms with Crippen LogP contribution in [0.5, 0.6) is 5.88 Å². The minimum Gasteiger partial charge on any atom is -0.494 e. The molecule has 96 valence electrons. The molecule has 4 rings (SSSR count). The largest absolute Gasteiger partial charge is 0.494 e. The van der Waals surface area contributed by atoms with Gasteiger partial charge in [-0.2, -0.15) is 5.26 Å². The second-order valence-electron chi connectivity index (χ2n) is 5.49. The molecule has 2 aromatic heterocycles. The van der Waals surface area contributed by atoms with E-state index in [0.717, 1.165) is 67.5 Å². The number of aromatic nitrogens is 2. The van der Waals surface area contributed by atoms with Crippen molar-refractivity contribution in [1.29, 1.82) is 5.26 Å². The molecule has 19 heavy (non-hydrogen) atoms. The molecule has 2 aliphatic rings. The first-order chi connectivity index (χ1) is 9.31. The Hall–Kier alpha value is -2.02. The molecule has 0 amide bonds. The molecule has 2 aliphatic carbocycles. The molecule has 2 aromatic rings. The van der Waals surface area contributed by atoms with Crippen LogP contribution in [0, 0.1) is 11.3 Å². The van der Waals surface area contributed by atoms with Crippen LogP contribution in [-0.2, 0) is 25.7 Å². The first kappa shape index (κ1) is 10.9. The van der Waals surface area contributed by atoms with E-state index in [1.54, 1.807) is 0 Å². The molecule has 2 heterocycles. The topological polar surface area (TPSA) is 61.3 Å². The van der Waals surface area contributed by atoms with Crippen LogP contribution in [0.4, 0.5) is 0 Å². The lowest BCUT2D eigenvalue weighted by atomic mass is 10.0. The third-order valence-corrected chi connectivity index (χ3v) is 4.47. The summed E-state index contributed by atoms with van der Waals surface area (Å²) < 4.78 is 1.84. The first-order valence-electron chi connectivity index (χ1n) is 6.98. The van der Waals surface area contributed by atoms with E-state index >= 15 is 0 Å². The number of hydrogen-bond donors (Lipinski definition) is 1. The normalized spacial score (nSPS) is 17.2. The summed E-state index contributed by atoms with van der Waals surface area (Å²) in [5.41, 5.74) is 5.53. The lowest BCUT2D eigenvalue weighted by molar-refractivity contribution is 0.435. The zero-order valence-electron chi connectivity index (χ0n) is 10.7. The van der Waals surface area contributed by atoms with E-state index in [9.17, 15) is 10.4 Å². The van der Waals surface area contributed by atoms with E-state index < -0.39 is 0 Å². The van der Waals surface area contributed by atoms with Gasteiger partial charge >= 0.3 is 0 Å². The molecule has 0 saturated heterocycles. The highest BCUT2D eigenvalue weighted by Gasteiger charge is 2.27. The van der Waals surface area contributed by atoms with Gasteiger partial charge in [-0.1, -0.05) is 0 Å². The summed E-state index contributed by atoms with van der Waals surface area (Å²) in [4.78, 5) is 4.64. The Morgan fingerprint density at radius 1 is 1.05 bits per heavy atom. The van der Waals surface area contributed by atoms with Gasteiger partial charge in [0.15, 0.2) is 5.65 Å². The van der Waals surface area contributed by atoms with Gasteiger partial charge < -0.3 is 5.11 Å². The van der Waals surface area contributed by atoms with Crippen molar-refractivity contribution in [2.45, 2.75) is 44.9 Å². The van der Waals surface area contributed by atoms with Gasteiger partial charge in [-0.3, -0.25) is 4.40 Å². The highest BCUT2D eigenvalue weighted by molar-refractivity contribution is 5.67. The van der Waals surface area contributed by atoms with Gasteiger partial charge in [-0.25, -0.2) is 4.98 Å². The molecule has 4 nitrogen and oxygen atoms in total. The van der Waals surface area contributed by atoms with Crippen molar-refractivity contribution in [3.8, 4) is 11.9 Å². The highest BCUT2D eigenvalue weighted by atomic mass is 16.3. The quantitative estimate of drug-likeness (QED) is 0.783. The standard InChI is InChI=1S/C15H15N3O/c16-8-11-9-4-3-5-10(9)15(19)18-13-7-2-1-6-12(13)17-14(11)18/h19H,1-7H2. The SMILES string of the molecule is N#Cc1c2c(c(O)n3c4c(nc13)CCCC4)CCC2.